The molecule has 0 atom stereocenters. The third kappa shape index (κ3) is 6.07. The lowest BCUT2D eigenvalue weighted by molar-refractivity contribution is -0.115. The number of carbonyl (C=O) groups excluding carboxylic acids is 1. The van der Waals surface area contributed by atoms with Crippen molar-refractivity contribution in [3.8, 4) is 12.1 Å². The molecule has 1 aromatic heterocycles. The molecular weight excluding hydrogens is 462 g/mol. The van der Waals surface area contributed by atoms with E-state index in [-0.39, 0.29) is 41.7 Å². The van der Waals surface area contributed by atoms with Gasteiger partial charge in [-0.1, -0.05) is 12.1 Å². The Balaban J connectivity index is 1.84. The van der Waals surface area contributed by atoms with Gasteiger partial charge in [0.15, 0.2) is 5.57 Å². The third-order valence-corrected chi connectivity index (χ3v) is 6.53. The highest BCUT2D eigenvalue weighted by atomic mass is 32.1. The number of hydrogen-bond donors (Lipinski definition) is 2. The number of carbonyl (C=O) groups is 1. The summed E-state index contributed by atoms with van der Waals surface area (Å²) in [5.74, 6) is -3.30. The molecule has 1 fully saturated rings. The van der Waals surface area contributed by atoms with Gasteiger partial charge in [0, 0.05) is 50.9 Å². The summed E-state index contributed by atoms with van der Waals surface area (Å²) in [6.45, 7) is 2.98. The van der Waals surface area contributed by atoms with Crippen LogP contribution in [0.15, 0.2) is 29.1 Å². The van der Waals surface area contributed by atoms with Crippen molar-refractivity contribution in [2.24, 2.45) is 0 Å². The average Bonchev–Trinajstić information content (AvgIpc) is 3.13. The summed E-state index contributed by atoms with van der Waals surface area (Å²) in [5, 5.41) is 23.5. The minimum absolute atomic E-state index is 0.140. The Morgan fingerprint density at radius 2 is 2.03 bits per heavy atom. The number of aromatic nitrogens is 1. The number of likely N-dealkylation sites (tertiary alicyclic amines) is 1. The fraction of sp³-hybridized carbons (Fsp3) is 0.391. The van der Waals surface area contributed by atoms with Gasteiger partial charge in [-0.2, -0.15) is 10.5 Å². The minimum Gasteiger partial charge on any atom is -0.360 e. The Morgan fingerprint density at radius 3 is 2.68 bits per heavy atom. The Bertz CT molecular complexity index is 1310. The SMILES string of the molecule is CCn1c(=C(C#N)C(=O)NCC#N)sc(=CNc2cccc(CN3CCC(F)(F)CC3)c2)c1=O. The second-order valence-electron chi connectivity index (χ2n) is 7.77. The first kappa shape index (κ1) is 25.1. The normalized spacial score (nSPS) is 16.9. The van der Waals surface area contributed by atoms with Crippen LogP contribution in [0.4, 0.5) is 14.5 Å². The largest absolute Gasteiger partial charge is 0.360 e. The molecule has 0 aliphatic carbocycles. The Labute approximate surface area is 199 Å². The molecule has 2 aromatic rings. The molecule has 1 aliphatic heterocycles. The molecule has 0 bridgehead atoms. The zero-order valence-electron chi connectivity index (χ0n) is 18.6. The van der Waals surface area contributed by atoms with Crippen molar-refractivity contribution in [2.45, 2.75) is 38.8 Å². The van der Waals surface area contributed by atoms with E-state index in [0.29, 0.717) is 29.9 Å². The van der Waals surface area contributed by atoms with Crippen molar-refractivity contribution in [3.05, 3.63) is 49.4 Å². The number of alkyl halides is 2. The molecule has 178 valence electrons. The summed E-state index contributed by atoms with van der Waals surface area (Å²) in [4.78, 5) is 27.0. The molecule has 1 aromatic carbocycles. The van der Waals surface area contributed by atoms with Crippen LogP contribution >= 0.6 is 11.3 Å². The highest BCUT2D eigenvalue weighted by Gasteiger charge is 2.33. The maximum absolute atomic E-state index is 13.4. The number of benzene rings is 1. The van der Waals surface area contributed by atoms with Crippen LogP contribution in [0.1, 0.15) is 25.3 Å². The van der Waals surface area contributed by atoms with Crippen molar-refractivity contribution in [1.29, 1.82) is 10.5 Å². The predicted octanol–water partition coefficient (Wildman–Crippen LogP) is 1.32. The lowest BCUT2D eigenvalue weighted by Gasteiger charge is -2.31. The molecule has 34 heavy (non-hydrogen) atoms. The summed E-state index contributed by atoms with van der Waals surface area (Å²) in [7, 11) is 0. The van der Waals surface area contributed by atoms with Gasteiger partial charge >= 0.3 is 0 Å². The minimum atomic E-state index is -2.58. The van der Waals surface area contributed by atoms with Gasteiger partial charge in [0.25, 0.3) is 17.4 Å². The summed E-state index contributed by atoms with van der Waals surface area (Å²) in [6, 6.07) is 11.1. The van der Waals surface area contributed by atoms with Gasteiger partial charge in [-0.05, 0) is 24.6 Å². The third-order valence-electron chi connectivity index (χ3n) is 5.40. The van der Waals surface area contributed by atoms with Crippen LogP contribution in [0.25, 0.3) is 11.8 Å². The van der Waals surface area contributed by atoms with Gasteiger partial charge in [-0.25, -0.2) is 8.78 Å². The zero-order valence-corrected chi connectivity index (χ0v) is 19.4. The van der Waals surface area contributed by atoms with Crippen molar-refractivity contribution in [1.82, 2.24) is 14.8 Å². The van der Waals surface area contributed by atoms with Crippen LogP contribution in [0.3, 0.4) is 0 Å². The number of rotatable bonds is 7. The topological polar surface area (TPSA) is 114 Å². The number of anilines is 1. The van der Waals surface area contributed by atoms with E-state index in [1.54, 1.807) is 13.0 Å². The van der Waals surface area contributed by atoms with Gasteiger partial charge in [-0.3, -0.25) is 19.1 Å². The number of amides is 1. The van der Waals surface area contributed by atoms with E-state index in [1.165, 1.54) is 10.8 Å². The summed E-state index contributed by atoms with van der Waals surface area (Å²) >= 11 is 1.01. The molecule has 2 N–H and O–H groups in total. The Kier molecular flexibility index (Phi) is 8.16. The van der Waals surface area contributed by atoms with Gasteiger partial charge in [0.2, 0.25) is 0 Å². The lowest BCUT2D eigenvalue weighted by Crippen LogP contribution is -2.38. The van der Waals surface area contributed by atoms with Crippen molar-refractivity contribution >= 4 is 34.7 Å². The first-order chi connectivity index (χ1) is 16.3. The van der Waals surface area contributed by atoms with Crippen molar-refractivity contribution in [2.75, 3.05) is 25.0 Å². The summed E-state index contributed by atoms with van der Waals surface area (Å²) in [5.41, 5.74) is 1.10. The number of thiazole rings is 1. The van der Waals surface area contributed by atoms with E-state index in [4.69, 9.17) is 5.26 Å². The van der Waals surface area contributed by atoms with Gasteiger partial charge in [0.05, 0.1) is 6.07 Å². The molecule has 0 spiro atoms. The van der Waals surface area contributed by atoms with Crippen LogP contribution in [0.5, 0.6) is 0 Å². The Morgan fingerprint density at radius 1 is 1.29 bits per heavy atom. The van der Waals surface area contributed by atoms with Crippen molar-refractivity contribution < 1.29 is 13.6 Å². The molecule has 2 heterocycles. The predicted molar refractivity (Wildman–Crippen MR) is 125 cm³/mol. The lowest BCUT2D eigenvalue weighted by atomic mass is 10.1. The summed E-state index contributed by atoms with van der Waals surface area (Å²) < 4.78 is 28.6. The van der Waals surface area contributed by atoms with Crippen LogP contribution in [-0.2, 0) is 17.9 Å². The number of nitriles is 2. The number of hydrogen-bond acceptors (Lipinski definition) is 7. The molecule has 1 aliphatic rings. The monoisotopic (exact) mass is 486 g/mol. The standard InChI is InChI=1S/C23H24F2N6O2S/c1-2-31-21(33)19(34-22(31)18(13-27)20(32)28-9-8-26)14-29-17-5-3-4-16(12-17)15-30-10-6-23(24,25)7-11-30/h3-5,12,14,29H,2,6-7,9-11,15H2,1H3,(H,28,32). The molecule has 0 radical (unpaired) electrons. The Hall–Kier alpha value is -3.54. The maximum Gasteiger partial charge on any atom is 0.270 e. The second-order valence-corrected chi connectivity index (χ2v) is 8.80. The first-order valence-corrected chi connectivity index (χ1v) is 11.5. The van der Waals surface area contributed by atoms with Gasteiger partial charge in [-0.15, -0.1) is 11.3 Å². The van der Waals surface area contributed by atoms with Gasteiger partial charge < -0.3 is 10.6 Å². The van der Waals surface area contributed by atoms with E-state index in [0.717, 1.165) is 16.9 Å². The fourth-order valence-electron chi connectivity index (χ4n) is 3.60. The van der Waals surface area contributed by atoms with E-state index >= 15 is 0 Å². The average molecular weight is 487 g/mol. The van der Waals surface area contributed by atoms with E-state index in [2.05, 4.69) is 10.6 Å². The quantitative estimate of drug-likeness (QED) is 0.571. The molecule has 1 saturated heterocycles. The van der Waals surface area contributed by atoms with Crippen LogP contribution < -0.4 is 25.4 Å². The molecule has 0 saturated carbocycles. The van der Waals surface area contributed by atoms with E-state index in [1.807, 2.05) is 35.2 Å². The molecule has 8 nitrogen and oxygen atoms in total. The number of halogens is 2. The number of nitrogens with zero attached hydrogens (tertiary/aromatic N) is 4. The van der Waals surface area contributed by atoms with E-state index < -0.39 is 11.8 Å². The smallest absolute Gasteiger partial charge is 0.270 e. The highest BCUT2D eigenvalue weighted by Crippen LogP contribution is 2.28. The van der Waals surface area contributed by atoms with E-state index in [9.17, 15) is 23.6 Å². The van der Waals surface area contributed by atoms with Crippen LogP contribution in [0.2, 0.25) is 0 Å². The number of piperidine rings is 1. The second kappa shape index (κ2) is 11.1. The maximum atomic E-state index is 13.4. The zero-order chi connectivity index (χ0) is 24.7. The van der Waals surface area contributed by atoms with Crippen molar-refractivity contribution in [3.63, 3.8) is 0 Å². The van der Waals surface area contributed by atoms with Gasteiger partial charge in [0.1, 0.15) is 21.8 Å². The highest BCUT2D eigenvalue weighted by molar-refractivity contribution is 7.07. The number of nitrogens with one attached hydrogen (secondary N) is 2. The fourth-order valence-corrected chi connectivity index (χ4v) is 4.69. The molecule has 3 rings (SSSR count). The molecular formula is C23H24F2N6O2S. The molecule has 1 amide bonds. The first-order valence-electron chi connectivity index (χ1n) is 10.7. The van der Waals surface area contributed by atoms with Crippen LogP contribution in [0, 0.1) is 22.7 Å². The molecule has 0 unspecified atom stereocenters. The summed E-state index contributed by atoms with van der Waals surface area (Å²) in [6.07, 6.45) is 1.24. The molecule has 11 heteroatoms. The van der Waals surface area contributed by atoms with Crippen LogP contribution in [-0.4, -0.2) is 40.9 Å².